The molecule has 0 fully saturated rings. The minimum atomic E-state index is -0.581. The number of hydrogen-bond acceptors (Lipinski definition) is 14. The number of carbonyl (C=O) groups excluding carboxylic acids is 6. The smallest absolute Gasteiger partial charge is 0.237 e. The average Bonchev–Trinajstić information content (AvgIpc) is 3.24. The second-order valence-corrected chi connectivity index (χ2v) is 21.3. The fourth-order valence-corrected chi connectivity index (χ4v) is 10.6. The molecular weight excluding hydrogens is 881 g/mol. The van der Waals surface area contributed by atoms with Gasteiger partial charge in [0, 0.05) is 99.5 Å². The van der Waals surface area contributed by atoms with Crippen molar-refractivity contribution in [3.8, 4) is 0 Å². The topological polar surface area (TPSA) is 227 Å². The van der Waals surface area contributed by atoms with Crippen molar-refractivity contribution in [3.05, 3.63) is 71.8 Å². The molecule has 0 aromatic heterocycles. The summed E-state index contributed by atoms with van der Waals surface area (Å²) < 4.78 is 0. The molecule has 20 heteroatoms. The van der Waals surface area contributed by atoms with E-state index in [1.807, 2.05) is 60.7 Å². The van der Waals surface area contributed by atoms with Gasteiger partial charge in [-0.2, -0.15) is 0 Å². The van der Waals surface area contributed by atoms with Crippen LogP contribution in [-0.4, -0.2) is 121 Å². The summed E-state index contributed by atoms with van der Waals surface area (Å²) in [7, 11) is 9.81. The Morgan fingerprint density at radius 3 is 1.10 bits per heavy atom. The van der Waals surface area contributed by atoms with E-state index in [9.17, 15) is 28.8 Å². The highest BCUT2D eigenvalue weighted by Crippen LogP contribution is 2.21. The Labute approximate surface area is 379 Å². The number of rotatable bonds is 35. The summed E-state index contributed by atoms with van der Waals surface area (Å²) in [6, 6.07) is 18.2. The number of benzene rings is 2. The van der Waals surface area contributed by atoms with Crippen LogP contribution in [0.1, 0.15) is 49.7 Å². The molecule has 2 aromatic rings. The standard InChI is InChI=1S/C40H62N8O6S6/c41-33(29-31-9-3-1-4-10-31)39(53)47-21-27-59-57-25-19-45-36(50)14-7-13-35(49)44-18-24-56-55-23-8-17-43-37(51)15-16-38(52)46-20-26-58-60-28-22-48-40(54)34(42)30-32-11-5-2-6-12-32/h1-6,9-12,33-34H,7-8,13-30,41-42H2,(H,43,51)(H,44,49)(H,45,50)(H,46,52)(H,47,53)(H,48,54)/t33-,34-/m0/s1. The molecule has 0 aliphatic rings. The summed E-state index contributed by atoms with van der Waals surface area (Å²) in [4.78, 5) is 72.7. The van der Waals surface area contributed by atoms with Gasteiger partial charge in [-0.3, -0.25) is 28.8 Å². The number of nitrogens with two attached hydrogens (primary N) is 2. The Kier molecular flexibility index (Phi) is 31.9. The maximum atomic E-state index is 12.2. The zero-order valence-corrected chi connectivity index (χ0v) is 39.0. The third-order valence-electron chi connectivity index (χ3n) is 8.13. The predicted molar refractivity (Wildman–Crippen MR) is 257 cm³/mol. The Balaban J connectivity index is 1.28. The molecule has 6 amide bonds. The van der Waals surface area contributed by atoms with Crippen molar-refractivity contribution in [2.75, 3.05) is 73.8 Å². The molecular formula is C40H62N8O6S6. The summed E-state index contributed by atoms with van der Waals surface area (Å²) in [6.07, 6.45) is 3.16. The second kappa shape index (κ2) is 35.8. The van der Waals surface area contributed by atoms with Gasteiger partial charge in [-0.25, -0.2) is 0 Å². The van der Waals surface area contributed by atoms with Crippen molar-refractivity contribution in [1.29, 1.82) is 0 Å². The maximum absolute atomic E-state index is 12.2. The SMILES string of the molecule is N[C@@H](Cc1ccccc1)C(=O)NCCSSCCNC(=O)CCCC(=O)NCCSSCCCNC(=O)CCC(=O)NCCSSCCNC(=O)[C@@H](N)Cc1ccccc1. The first-order valence-electron chi connectivity index (χ1n) is 20.1. The van der Waals surface area contributed by atoms with Gasteiger partial charge in [0.15, 0.2) is 0 Å². The molecule has 14 nitrogen and oxygen atoms in total. The van der Waals surface area contributed by atoms with Crippen molar-refractivity contribution in [3.63, 3.8) is 0 Å². The first-order chi connectivity index (χ1) is 29.1. The number of hydrogen-bond donors (Lipinski definition) is 8. The van der Waals surface area contributed by atoms with E-state index in [0.717, 1.165) is 46.3 Å². The van der Waals surface area contributed by atoms with E-state index in [-0.39, 0.29) is 48.3 Å². The summed E-state index contributed by atoms with van der Waals surface area (Å²) >= 11 is 0. The van der Waals surface area contributed by atoms with Gasteiger partial charge >= 0.3 is 0 Å². The van der Waals surface area contributed by atoms with Crippen LogP contribution in [0.15, 0.2) is 60.7 Å². The van der Waals surface area contributed by atoms with Gasteiger partial charge in [0.2, 0.25) is 35.4 Å². The average molecular weight is 943 g/mol. The molecule has 0 saturated heterocycles. The monoisotopic (exact) mass is 942 g/mol. The largest absolute Gasteiger partial charge is 0.356 e. The molecule has 10 N–H and O–H groups in total. The van der Waals surface area contributed by atoms with Crippen molar-refractivity contribution in [1.82, 2.24) is 31.9 Å². The Bertz CT molecular complexity index is 1520. The van der Waals surface area contributed by atoms with Crippen molar-refractivity contribution < 1.29 is 28.8 Å². The van der Waals surface area contributed by atoms with Crippen LogP contribution in [0.4, 0.5) is 0 Å². The molecule has 2 atom stereocenters. The van der Waals surface area contributed by atoms with Gasteiger partial charge in [-0.05, 0) is 36.8 Å². The zero-order valence-electron chi connectivity index (χ0n) is 34.1. The van der Waals surface area contributed by atoms with E-state index in [2.05, 4.69) is 31.9 Å². The van der Waals surface area contributed by atoms with Gasteiger partial charge in [-0.15, -0.1) is 0 Å². The van der Waals surface area contributed by atoms with E-state index in [1.54, 1.807) is 64.8 Å². The third kappa shape index (κ3) is 29.5. The minimum Gasteiger partial charge on any atom is -0.356 e. The van der Waals surface area contributed by atoms with E-state index >= 15 is 0 Å². The highest BCUT2D eigenvalue weighted by molar-refractivity contribution is 8.77. The molecule has 60 heavy (non-hydrogen) atoms. The number of amides is 6. The molecule has 0 aliphatic heterocycles. The highest BCUT2D eigenvalue weighted by Gasteiger charge is 2.15. The lowest BCUT2D eigenvalue weighted by Crippen LogP contribution is -2.42. The Morgan fingerprint density at radius 1 is 0.400 bits per heavy atom. The molecule has 0 saturated carbocycles. The predicted octanol–water partition coefficient (Wildman–Crippen LogP) is 3.31. The lowest BCUT2D eigenvalue weighted by Gasteiger charge is -2.12. The Morgan fingerprint density at radius 2 is 0.717 bits per heavy atom. The van der Waals surface area contributed by atoms with Crippen molar-refractivity contribution >= 4 is 100 Å². The Hall–Kier alpha value is -2.72. The van der Waals surface area contributed by atoms with Gasteiger partial charge in [0.25, 0.3) is 0 Å². The fraction of sp³-hybridized carbons (Fsp3) is 0.550. The lowest BCUT2D eigenvalue weighted by atomic mass is 10.1. The van der Waals surface area contributed by atoms with Gasteiger partial charge in [-0.1, -0.05) is 125 Å². The molecule has 0 radical (unpaired) electrons. The summed E-state index contributed by atoms with van der Waals surface area (Å²) in [5.74, 6) is 3.74. The zero-order chi connectivity index (χ0) is 43.5. The summed E-state index contributed by atoms with van der Waals surface area (Å²) in [5, 5.41) is 17.2. The van der Waals surface area contributed by atoms with Crippen molar-refractivity contribution in [2.24, 2.45) is 11.5 Å². The van der Waals surface area contributed by atoms with Gasteiger partial charge < -0.3 is 43.4 Å². The van der Waals surface area contributed by atoms with E-state index < -0.39 is 12.1 Å². The molecule has 0 bridgehead atoms. The molecule has 0 unspecified atom stereocenters. The first-order valence-corrected chi connectivity index (χ1v) is 27.5. The quantitative estimate of drug-likeness (QED) is 0.0367. The van der Waals surface area contributed by atoms with Crippen LogP contribution in [0.25, 0.3) is 0 Å². The van der Waals surface area contributed by atoms with Crippen LogP contribution < -0.4 is 43.4 Å². The summed E-state index contributed by atoms with van der Waals surface area (Å²) in [5.41, 5.74) is 14.0. The van der Waals surface area contributed by atoms with Crippen LogP contribution in [0.2, 0.25) is 0 Å². The van der Waals surface area contributed by atoms with E-state index in [0.29, 0.717) is 77.1 Å². The number of nitrogens with one attached hydrogen (secondary N) is 6. The van der Waals surface area contributed by atoms with Crippen molar-refractivity contribution in [2.45, 2.75) is 63.5 Å². The van der Waals surface area contributed by atoms with E-state index in [4.69, 9.17) is 11.5 Å². The van der Waals surface area contributed by atoms with Crippen LogP contribution >= 0.6 is 64.8 Å². The molecule has 334 valence electrons. The molecule has 0 heterocycles. The molecule has 0 aliphatic carbocycles. The normalized spacial score (nSPS) is 11.8. The maximum Gasteiger partial charge on any atom is 0.237 e. The minimum absolute atomic E-state index is 0.0711. The fourth-order valence-electron chi connectivity index (χ4n) is 5.01. The number of carbonyl (C=O) groups is 6. The van der Waals surface area contributed by atoms with Crippen LogP contribution in [0.3, 0.4) is 0 Å². The third-order valence-corrected chi connectivity index (χ3v) is 15.4. The molecule has 2 rings (SSSR count). The van der Waals surface area contributed by atoms with Crippen LogP contribution in [0, 0.1) is 0 Å². The highest BCUT2D eigenvalue weighted by atomic mass is 33.1. The molecule has 0 spiro atoms. The van der Waals surface area contributed by atoms with Crippen LogP contribution in [0.5, 0.6) is 0 Å². The van der Waals surface area contributed by atoms with Gasteiger partial charge in [0.1, 0.15) is 0 Å². The van der Waals surface area contributed by atoms with Gasteiger partial charge in [0.05, 0.1) is 12.1 Å². The first kappa shape index (κ1) is 53.4. The lowest BCUT2D eigenvalue weighted by molar-refractivity contribution is -0.126. The second-order valence-electron chi connectivity index (χ2n) is 13.2. The molecule has 2 aromatic carbocycles. The summed E-state index contributed by atoms with van der Waals surface area (Å²) in [6.45, 7) is 3.17. The van der Waals surface area contributed by atoms with E-state index in [1.165, 1.54) is 0 Å². The van der Waals surface area contributed by atoms with Crippen LogP contribution in [-0.2, 0) is 41.6 Å².